The van der Waals surface area contributed by atoms with E-state index >= 15 is 0 Å². The molecule has 1 aromatic carbocycles. The number of carbonyl (C=O) groups excluding carboxylic acids is 2. The second kappa shape index (κ2) is 8.04. The Balaban J connectivity index is 1.96. The van der Waals surface area contributed by atoms with Crippen molar-refractivity contribution < 1.29 is 14.3 Å². The van der Waals surface area contributed by atoms with E-state index in [1.54, 1.807) is 0 Å². The number of aryl methyl sites for hydroxylation is 2. The van der Waals surface area contributed by atoms with Gasteiger partial charge in [0.15, 0.2) is 0 Å². The summed E-state index contributed by atoms with van der Waals surface area (Å²) in [6.45, 7) is 4.05. The molecule has 1 N–H and O–H groups in total. The molecule has 0 aliphatic heterocycles. The van der Waals surface area contributed by atoms with Gasteiger partial charge >= 0.3 is 5.97 Å². The van der Waals surface area contributed by atoms with Crippen LogP contribution in [0.25, 0.3) is 11.1 Å². The third-order valence-corrected chi connectivity index (χ3v) is 5.97. The van der Waals surface area contributed by atoms with Gasteiger partial charge in [0.2, 0.25) is 5.91 Å². The Hall–Kier alpha value is -2.14. The van der Waals surface area contributed by atoms with E-state index in [-0.39, 0.29) is 11.8 Å². The predicted octanol–water partition coefficient (Wildman–Crippen LogP) is 5.34. The third kappa shape index (κ3) is 3.83. The molecule has 3 rings (SSSR count). The zero-order valence-electron chi connectivity index (χ0n) is 15.6. The summed E-state index contributed by atoms with van der Waals surface area (Å²) >= 11 is 1.39. The fourth-order valence-corrected chi connectivity index (χ4v) is 4.51. The molecule has 0 spiro atoms. The molecule has 5 heteroatoms. The highest BCUT2D eigenvalue weighted by atomic mass is 32.1. The van der Waals surface area contributed by atoms with Gasteiger partial charge in [0.05, 0.1) is 7.11 Å². The zero-order valence-corrected chi connectivity index (χ0v) is 16.4. The highest BCUT2D eigenvalue weighted by molar-refractivity contribution is 7.15. The van der Waals surface area contributed by atoms with Crippen LogP contribution in [-0.2, 0) is 9.53 Å². The first-order chi connectivity index (χ1) is 12.5. The Morgan fingerprint density at radius 2 is 1.85 bits per heavy atom. The summed E-state index contributed by atoms with van der Waals surface area (Å²) in [5.74, 6) is -0.356. The molecule has 1 aliphatic rings. The van der Waals surface area contributed by atoms with E-state index in [1.807, 2.05) is 25.3 Å². The fraction of sp³-hybridized carbons (Fsp3) is 0.429. The number of esters is 1. The number of nitrogens with one attached hydrogen (secondary N) is 1. The molecule has 2 aromatic rings. The minimum Gasteiger partial charge on any atom is -0.465 e. The molecule has 4 nitrogen and oxygen atoms in total. The van der Waals surface area contributed by atoms with Gasteiger partial charge in [-0.05, 0) is 37.8 Å². The number of benzene rings is 1. The van der Waals surface area contributed by atoms with E-state index in [0.29, 0.717) is 10.6 Å². The van der Waals surface area contributed by atoms with Gasteiger partial charge in [-0.2, -0.15) is 0 Å². The average Bonchev–Trinajstić information content (AvgIpc) is 3.07. The number of carbonyl (C=O) groups is 2. The number of amides is 1. The van der Waals surface area contributed by atoms with Crippen molar-refractivity contribution in [2.24, 2.45) is 5.92 Å². The lowest BCUT2D eigenvalue weighted by molar-refractivity contribution is -0.120. The van der Waals surface area contributed by atoms with Crippen LogP contribution in [0.15, 0.2) is 23.6 Å². The number of thiophene rings is 1. The molecule has 1 amide bonds. The van der Waals surface area contributed by atoms with E-state index < -0.39 is 5.97 Å². The lowest BCUT2D eigenvalue weighted by atomic mass is 9.88. The number of methoxy groups -OCH3 is 1. The van der Waals surface area contributed by atoms with Crippen LogP contribution in [0.3, 0.4) is 0 Å². The molecular weight excluding hydrogens is 346 g/mol. The molecule has 1 fully saturated rings. The first-order valence-corrected chi connectivity index (χ1v) is 9.97. The Kier molecular flexibility index (Phi) is 5.77. The van der Waals surface area contributed by atoms with Crippen LogP contribution in [-0.4, -0.2) is 19.0 Å². The van der Waals surface area contributed by atoms with E-state index in [9.17, 15) is 9.59 Å². The Labute approximate surface area is 158 Å². The largest absolute Gasteiger partial charge is 0.465 e. The van der Waals surface area contributed by atoms with E-state index in [4.69, 9.17) is 4.74 Å². The molecule has 1 saturated carbocycles. The van der Waals surface area contributed by atoms with Crippen molar-refractivity contribution in [3.8, 4) is 11.1 Å². The van der Waals surface area contributed by atoms with Crippen LogP contribution in [0.5, 0.6) is 0 Å². The zero-order chi connectivity index (χ0) is 18.7. The highest BCUT2D eigenvalue weighted by Gasteiger charge is 2.26. The lowest BCUT2D eigenvalue weighted by Crippen LogP contribution is -2.25. The van der Waals surface area contributed by atoms with E-state index in [2.05, 4.69) is 17.4 Å². The van der Waals surface area contributed by atoms with Crippen molar-refractivity contribution in [3.63, 3.8) is 0 Å². The van der Waals surface area contributed by atoms with E-state index in [1.165, 1.54) is 24.9 Å². The summed E-state index contributed by atoms with van der Waals surface area (Å²) in [5, 5.41) is 5.52. The summed E-state index contributed by atoms with van der Waals surface area (Å²) in [4.78, 5) is 25.1. The van der Waals surface area contributed by atoms with Crippen molar-refractivity contribution >= 4 is 28.2 Å². The van der Waals surface area contributed by atoms with Crippen molar-refractivity contribution in [1.82, 2.24) is 0 Å². The summed E-state index contributed by atoms with van der Waals surface area (Å²) in [6.07, 6.45) is 5.25. The van der Waals surface area contributed by atoms with Gasteiger partial charge in [0, 0.05) is 16.9 Å². The van der Waals surface area contributed by atoms with Gasteiger partial charge in [-0.25, -0.2) is 4.79 Å². The normalized spacial score (nSPS) is 14.9. The van der Waals surface area contributed by atoms with Gasteiger partial charge in [-0.1, -0.05) is 43.0 Å². The summed E-state index contributed by atoms with van der Waals surface area (Å²) in [6, 6.07) is 6.16. The van der Waals surface area contributed by atoms with Crippen LogP contribution in [0, 0.1) is 19.8 Å². The molecule has 0 unspecified atom stereocenters. The maximum atomic E-state index is 12.6. The SMILES string of the molecule is COC(=O)c1c(-c2cc(C)ccc2C)csc1NC(=O)C1CCCCC1. The number of ether oxygens (including phenoxy) is 1. The minimum atomic E-state index is -0.416. The molecule has 26 heavy (non-hydrogen) atoms. The maximum absolute atomic E-state index is 12.6. The maximum Gasteiger partial charge on any atom is 0.341 e. The number of anilines is 1. The van der Waals surface area contributed by atoms with Gasteiger partial charge < -0.3 is 10.1 Å². The molecule has 1 aliphatic carbocycles. The first kappa shape index (κ1) is 18.6. The van der Waals surface area contributed by atoms with Crippen LogP contribution in [0.2, 0.25) is 0 Å². The molecule has 0 radical (unpaired) electrons. The van der Waals surface area contributed by atoms with Crippen LogP contribution >= 0.6 is 11.3 Å². The molecule has 0 bridgehead atoms. The quantitative estimate of drug-likeness (QED) is 0.738. The molecule has 0 saturated heterocycles. The smallest absolute Gasteiger partial charge is 0.341 e. The third-order valence-electron chi connectivity index (χ3n) is 5.08. The van der Waals surface area contributed by atoms with Crippen LogP contribution < -0.4 is 5.32 Å². The monoisotopic (exact) mass is 371 g/mol. The fourth-order valence-electron chi connectivity index (χ4n) is 3.56. The average molecular weight is 372 g/mol. The molecular formula is C21H25NO3S. The van der Waals surface area contributed by atoms with Gasteiger partial charge in [0.25, 0.3) is 0 Å². The van der Waals surface area contributed by atoms with E-state index in [0.717, 1.165) is 47.9 Å². The predicted molar refractivity (Wildman–Crippen MR) is 106 cm³/mol. The van der Waals surface area contributed by atoms with Crippen molar-refractivity contribution in [2.45, 2.75) is 46.0 Å². The Morgan fingerprint density at radius 3 is 2.54 bits per heavy atom. The van der Waals surface area contributed by atoms with Crippen molar-refractivity contribution in [2.75, 3.05) is 12.4 Å². The molecule has 138 valence electrons. The Bertz CT molecular complexity index is 819. The van der Waals surface area contributed by atoms with Crippen LogP contribution in [0.1, 0.15) is 53.6 Å². The second-order valence-electron chi connectivity index (χ2n) is 6.99. The van der Waals surface area contributed by atoms with Crippen molar-refractivity contribution in [3.05, 3.63) is 40.3 Å². The molecule has 0 atom stereocenters. The summed E-state index contributed by atoms with van der Waals surface area (Å²) in [7, 11) is 1.37. The Morgan fingerprint density at radius 1 is 1.12 bits per heavy atom. The van der Waals surface area contributed by atoms with Gasteiger partial charge in [-0.15, -0.1) is 11.3 Å². The number of hydrogen-bond donors (Lipinski definition) is 1. The lowest BCUT2D eigenvalue weighted by Gasteiger charge is -2.20. The minimum absolute atomic E-state index is 0.0178. The van der Waals surface area contributed by atoms with Gasteiger partial charge in [-0.3, -0.25) is 4.79 Å². The topological polar surface area (TPSA) is 55.4 Å². The number of rotatable bonds is 4. The summed E-state index contributed by atoms with van der Waals surface area (Å²) < 4.78 is 5.01. The standard InChI is InChI=1S/C21H25NO3S/c1-13-9-10-14(2)16(11-13)17-12-26-20(18(17)21(24)25-3)22-19(23)15-7-5-4-6-8-15/h9-12,15H,4-8H2,1-3H3,(H,22,23). The van der Waals surface area contributed by atoms with Gasteiger partial charge in [0.1, 0.15) is 10.6 Å². The molecule has 1 heterocycles. The molecule has 1 aromatic heterocycles. The summed E-state index contributed by atoms with van der Waals surface area (Å²) in [5.41, 5.74) is 4.49. The number of hydrogen-bond acceptors (Lipinski definition) is 4. The highest BCUT2D eigenvalue weighted by Crippen LogP contribution is 2.38. The van der Waals surface area contributed by atoms with Crippen molar-refractivity contribution in [1.29, 1.82) is 0 Å². The van der Waals surface area contributed by atoms with Crippen LogP contribution in [0.4, 0.5) is 5.00 Å². The first-order valence-electron chi connectivity index (χ1n) is 9.09. The second-order valence-corrected chi connectivity index (χ2v) is 7.87.